The molecule has 3 heterocycles. The molecular formula is C13H14N2O7S. The number of carbonyl (C=O) groups is 2. The van der Waals surface area contributed by atoms with E-state index in [4.69, 9.17) is 9.26 Å². The Kier molecular flexibility index (Phi) is 3.25. The number of aliphatic carboxylic acids is 1. The Morgan fingerprint density at radius 3 is 2.83 bits per heavy atom. The smallest absolute Gasteiger partial charge is 0.328 e. The summed E-state index contributed by atoms with van der Waals surface area (Å²) in [5, 5.41) is 11.9. The van der Waals surface area contributed by atoms with Gasteiger partial charge in [-0.3, -0.25) is 4.79 Å². The monoisotopic (exact) mass is 342 g/mol. The van der Waals surface area contributed by atoms with Crippen molar-refractivity contribution in [2.24, 2.45) is 0 Å². The highest BCUT2D eigenvalue weighted by atomic mass is 32.2. The number of fused-ring (bicyclic) bond motifs is 1. The van der Waals surface area contributed by atoms with Crippen molar-refractivity contribution in [3.8, 4) is 5.88 Å². The van der Waals surface area contributed by atoms with Crippen molar-refractivity contribution in [2.45, 2.75) is 29.5 Å². The van der Waals surface area contributed by atoms with Gasteiger partial charge in [-0.25, -0.2) is 13.2 Å². The van der Waals surface area contributed by atoms with E-state index in [0.717, 1.165) is 4.90 Å². The highest BCUT2D eigenvalue weighted by Crippen LogP contribution is 2.47. The molecule has 1 N–H and O–H groups in total. The van der Waals surface area contributed by atoms with Crippen molar-refractivity contribution in [1.29, 1.82) is 0 Å². The quantitative estimate of drug-likeness (QED) is 0.751. The van der Waals surface area contributed by atoms with Crippen LogP contribution in [-0.2, 0) is 19.4 Å². The van der Waals surface area contributed by atoms with E-state index in [1.807, 2.05) is 0 Å². The first-order valence-electron chi connectivity index (χ1n) is 6.69. The molecule has 2 aliphatic rings. The largest absolute Gasteiger partial charge is 0.480 e. The van der Waals surface area contributed by atoms with Crippen molar-refractivity contribution in [2.75, 3.05) is 7.11 Å². The number of hydrogen-bond donors (Lipinski definition) is 1. The molecule has 2 saturated heterocycles. The highest BCUT2D eigenvalue weighted by molar-refractivity contribution is 7.94. The SMILES string of the molecule is COc1cc(/C=C\[C@@]2(C)[C@H](C(=O)O)N3C(=O)C[C@H]3S2(=O)=O)on1. The Morgan fingerprint density at radius 1 is 1.61 bits per heavy atom. The number of carboxylic acid groups (broad SMARTS) is 1. The van der Waals surface area contributed by atoms with Gasteiger partial charge in [-0.15, -0.1) is 0 Å². The van der Waals surface area contributed by atoms with Crippen molar-refractivity contribution in [3.63, 3.8) is 0 Å². The number of hydrogen-bond acceptors (Lipinski definition) is 7. The highest BCUT2D eigenvalue weighted by Gasteiger charge is 2.69. The normalized spacial score (nSPS) is 31.9. The standard InChI is InChI=1S/C13H14N2O7S/c1-13(4-3-7-5-8(21-2)14-22-7)11(12(17)18)15-9(16)6-10(15)23(13,19)20/h3-5,10-11H,6H2,1-2H3,(H,17,18)/b4-3-/t10-,11+,13+/m1/s1. The lowest BCUT2D eigenvalue weighted by atomic mass is 9.96. The first kappa shape index (κ1) is 15.5. The fraction of sp³-hybridized carbons (Fsp3) is 0.462. The van der Waals surface area contributed by atoms with E-state index in [2.05, 4.69) is 5.16 Å². The Bertz CT molecular complexity index is 812. The van der Waals surface area contributed by atoms with Gasteiger partial charge in [-0.2, -0.15) is 0 Å². The van der Waals surface area contributed by atoms with Gasteiger partial charge in [0, 0.05) is 6.07 Å². The maximum absolute atomic E-state index is 12.6. The van der Waals surface area contributed by atoms with Crippen molar-refractivity contribution in [3.05, 3.63) is 17.9 Å². The van der Waals surface area contributed by atoms with E-state index < -0.39 is 37.9 Å². The van der Waals surface area contributed by atoms with Crippen LogP contribution in [0.5, 0.6) is 5.88 Å². The molecule has 0 bridgehead atoms. The molecule has 0 aromatic carbocycles. The Balaban J connectivity index is 2.02. The van der Waals surface area contributed by atoms with Gasteiger partial charge in [0.15, 0.2) is 21.6 Å². The summed E-state index contributed by atoms with van der Waals surface area (Å²) < 4.78 is 33.3. The number of rotatable bonds is 4. The van der Waals surface area contributed by atoms with Crippen LogP contribution in [0.3, 0.4) is 0 Å². The number of amides is 1. The summed E-state index contributed by atoms with van der Waals surface area (Å²) in [4.78, 5) is 24.1. The number of sulfone groups is 1. The third-order valence-corrected chi connectivity index (χ3v) is 6.96. The molecule has 124 valence electrons. The molecule has 0 radical (unpaired) electrons. The van der Waals surface area contributed by atoms with Gasteiger partial charge >= 0.3 is 5.97 Å². The van der Waals surface area contributed by atoms with Crippen LogP contribution in [0, 0.1) is 0 Å². The van der Waals surface area contributed by atoms with E-state index in [9.17, 15) is 23.1 Å². The molecule has 10 heteroatoms. The Labute approximate surface area is 131 Å². The minimum Gasteiger partial charge on any atom is -0.480 e. The van der Waals surface area contributed by atoms with E-state index >= 15 is 0 Å². The van der Waals surface area contributed by atoms with Crippen LogP contribution < -0.4 is 4.74 Å². The number of carbonyl (C=O) groups excluding carboxylic acids is 1. The molecule has 2 fully saturated rings. The molecule has 2 aliphatic heterocycles. The molecule has 9 nitrogen and oxygen atoms in total. The summed E-state index contributed by atoms with van der Waals surface area (Å²) in [5.74, 6) is -1.43. The molecule has 1 amide bonds. The molecule has 3 rings (SSSR count). The van der Waals surface area contributed by atoms with Gasteiger partial charge in [0.05, 0.1) is 13.5 Å². The lowest BCUT2D eigenvalue weighted by Gasteiger charge is -2.35. The lowest BCUT2D eigenvalue weighted by Crippen LogP contribution is -2.57. The average molecular weight is 342 g/mol. The van der Waals surface area contributed by atoms with Gasteiger partial charge in [0.2, 0.25) is 5.91 Å². The van der Waals surface area contributed by atoms with Gasteiger partial charge in [0.1, 0.15) is 10.1 Å². The van der Waals surface area contributed by atoms with Gasteiger partial charge in [-0.1, -0.05) is 6.08 Å². The summed E-state index contributed by atoms with van der Waals surface area (Å²) in [6.45, 7) is 1.29. The van der Waals surface area contributed by atoms with Crippen molar-refractivity contribution >= 4 is 27.8 Å². The predicted octanol–water partition coefficient (Wildman–Crippen LogP) is -0.105. The summed E-state index contributed by atoms with van der Waals surface area (Å²) in [5.41, 5.74) is 0. The van der Waals surface area contributed by atoms with Crippen molar-refractivity contribution in [1.82, 2.24) is 10.1 Å². The van der Waals surface area contributed by atoms with E-state index in [0.29, 0.717) is 0 Å². The van der Waals surface area contributed by atoms with Crippen LogP contribution in [0.15, 0.2) is 16.7 Å². The maximum Gasteiger partial charge on any atom is 0.328 e. The topological polar surface area (TPSA) is 127 Å². The number of ether oxygens (including phenoxy) is 1. The van der Waals surface area contributed by atoms with Crippen LogP contribution in [0.2, 0.25) is 0 Å². The second-order valence-corrected chi connectivity index (χ2v) is 8.05. The van der Waals surface area contributed by atoms with E-state index in [1.165, 1.54) is 32.3 Å². The molecule has 1 aromatic rings. The van der Waals surface area contributed by atoms with Crippen LogP contribution >= 0.6 is 0 Å². The lowest BCUT2D eigenvalue weighted by molar-refractivity contribution is -0.157. The fourth-order valence-electron chi connectivity index (χ4n) is 2.94. The van der Waals surface area contributed by atoms with E-state index in [1.54, 1.807) is 0 Å². The number of β-lactam (4-membered cyclic amide) rings is 1. The second-order valence-electron chi connectivity index (χ2n) is 5.53. The maximum atomic E-state index is 12.6. The zero-order chi connectivity index (χ0) is 17.0. The van der Waals surface area contributed by atoms with Crippen LogP contribution in [0.1, 0.15) is 19.1 Å². The van der Waals surface area contributed by atoms with Crippen LogP contribution in [0.25, 0.3) is 6.08 Å². The number of carboxylic acids is 1. The van der Waals surface area contributed by atoms with Gasteiger partial charge < -0.3 is 19.3 Å². The molecule has 0 unspecified atom stereocenters. The second kappa shape index (κ2) is 4.82. The molecular weight excluding hydrogens is 328 g/mol. The minimum atomic E-state index is -3.88. The third kappa shape index (κ3) is 1.97. The van der Waals surface area contributed by atoms with Crippen molar-refractivity contribution < 1.29 is 32.4 Å². The number of aromatic nitrogens is 1. The third-order valence-electron chi connectivity index (χ3n) is 4.27. The average Bonchev–Trinajstić information content (AvgIpc) is 2.99. The molecule has 0 spiro atoms. The summed E-state index contributed by atoms with van der Waals surface area (Å²) in [6.07, 6.45) is 2.36. The molecule has 1 aromatic heterocycles. The summed E-state index contributed by atoms with van der Waals surface area (Å²) in [7, 11) is -2.49. The minimum absolute atomic E-state index is 0.189. The molecule has 23 heavy (non-hydrogen) atoms. The Morgan fingerprint density at radius 2 is 2.30 bits per heavy atom. The first-order chi connectivity index (χ1) is 10.7. The summed E-state index contributed by atoms with van der Waals surface area (Å²) >= 11 is 0. The predicted molar refractivity (Wildman–Crippen MR) is 76.1 cm³/mol. The van der Waals surface area contributed by atoms with Crippen LogP contribution in [0.4, 0.5) is 0 Å². The van der Waals surface area contributed by atoms with E-state index in [-0.39, 0.29) is 18.1 Å². The first-order valence-corrected chi connectivity index (χ1v) is 8.24. The van der Waals surface area contributed by atoms with Gasteiger partial charge in [0.25, 0.3) is 5.88 Å². The molecule has 0 saturated carbocycles. The summed E-state index contributed by atoms with van der Waals surface area (Å²) in [6, 6.07) is -0.0446. The Hall–Kier alpha value is -2.36. The molecule has 0 aliphatic carbocycles. The van der Waals surface area contributed by atoms with Crippen LogP contribution in [-0.4, -0.2) is 58.7 Å². The molecule has 3 atom stereocenters. The number of methoxy groups -OCH3 is 1. The number of nitrogens with zero attached hydrogens (tertiary/aromatic N) is 2. The fourth-order valence-corrected chi connectivity index (χ4v) is 5.21. The zero-order valence-electron chi connectivity index (χ0n) is 12.3. The van der Waals surface area contributed by atoms with Gasteiger partial charge in [-0.05, 0) is 18.2 Å². The zero-order valence-corrected chi connectivity index (χ0v) is 13.1.